The third kappa shape index (κ3) is 3.88. The lowest BCUT2D eigenvalue weighted by molar-refractivity contribution is 0.372. The number of nitrogens with two attached hydrogens (primary N) is 1. The Balaban J connectivity index is 2.00. The van der Waals surface area contributed by atoms with Crippen LogP contribution in [0.3, 0.4) is 0 Å². The molecule has 1 aromatic rings. The van der Waals surface area contributed by atoms with Gasteiger partial charge in [-0.05, 0) is 48.9 Å². The summed E-state index contributed by atoms with van der Waals surface area (Å²) in [7, 11) is 0. The van der Waals surface area contributed by atoms with Gasteiger partial charge < -0.3 is 5.73 Å². The Morgan fingerprint density at radius 3 is 2.44 bits per heavy atom. The van der Waals surface area contributed by atoms with Crippen LogP contribution in [0.25, 0.3) is 0 Å². The van der Waals surface area contributed by atoms with E-state index in [1.807, 2.05) is 18.2 Å². The second-order valence-corrected chi connectivity index (χ2v) is 6.20. The average Bonchev–Trinajstić information content (AvgIpc) is 2.62. The number of hydrogen-bond acceptors (Lipinski definition) is 1. The average molecular weight is 286 g/mol. The van der Waals surface area contributed by atoms with E-state index in [0.29, 0.717) is 5.92 Å². The van der Waals surface area contributed by atoms with Crippen molar-refractivity contribution < 1.29 is 0 Å². The third-order valence-corrected chi connectivity index (χ3v) is 4.57. The van der Waals surface area contributed by atoms with Gasteiger partial charge in [-0.3, -0.25) is 0 Å². The fourth-order valence-electron chi connectivity index (χ4n) is 2.86. The molecule has 1 saturated carbocycles. The molecule has 0 heterocycles. The maximum atomic E-state index is 6.37. The first-order valence-corrected chi connectivity index (χ1v) is 7.62. The Kier molecular flexibility index (Phi) is 5.35. The molecule has 0 amide bonds. The summed E-state index contributed by atoms with van der Waals surface area (Å²) in [6, 6.07) is 5.84. The van der Waals surface area contributed by atoms with Crippen molar-refractivity contribution in [3.8, 4) is 0 Å². The van der Waals surface area contributed by atoms with Crippen LogP contribution in [0, 0.1) is 5.92 Å². The van der Waals surface area contributed by atoms with Crippen LogP contribution in [0.15, 0.2) is 18.2 Å². The number of hydrogen-bond donors (Lipinski definition) is 1. The standard InChI is InChI=1S/C15H21Cl2N/c16-13-7-8-14(17)12(9-13)10-15(18)11-5-3-1-2-4-6-11/h7-9,11,15H,1-6,10,18H2. The summed E-state index contributed by atoms with van der Waals surface area (Å²) in [5.74, 6) is 0.641. The van der Waals surface area contributed by atoms with Crippen molar-refractivity contribution in [2.24, 2.45) is 11.7 Å². The summed E-state index contributed by atoms with van der Waals surface area (Å²) in [4.78, 5) is 0. The lowest BCUT2D eigenvalue weighted by Gasteiger charge is -2.22. The minimum Gasteiger partial charge on any atom is -0.327 e. The largest absolute Gasteiger partial charge is 0.327 e. The molecule has 18 heavy (non-hydrogen) atoms. The van der Waals surface area contributed by atoms with Crippen molar-refractivity contribution in [2.75, 3.05) is 0 Å². The summed E-state index contributed by atoms with van der Waals surface area (Å²) in [5, 5.41) is 1.52. The predicted octanol–water partition coefficient (Wildman–Crippen LogP) is 4.83. The van der Waals surface area contributed by atoms with E-state index in [-0.39, 0.29) is 6.04 Å². The highest BCUT2D eigenvalue weighted by atomic mass is 35.5. The van der Waals surface area contributed by atoms with Crippen LogP contribution in [0.1, 0.15) is 44.1 Å². The molecule has 0 saturated heterocycles. The maximum Gasteiger partial charge on any atom is 0.0439 e. The topological polar surface area (TPSA) is 26.0 Å². The van der Waals surface area contributed by atoms with Gasteiger partial charge in [0.2, 0.25) is 0 Å². The van der Waals surface area contributed by atoms with Gasteiger partial charge in [0.05, 0.1) is 0 Å². The molecule has 100 valence electrons. The van der Waals surface area contributed by atoms with Crippen LogP contribution in [0.4, 0.5) is 0 Å². The van der Waals surface area contributed by atoms with Gasteiger partial charge in [-0.1, -0.05) is 48.9 Å². The molecule has 1 aliphatic rings. The molecule has 1 aromatic carbocycles. The van der Waals surface area contributed by atoms with Gasteiger partial charge in [-0.15, -0.1) is 0 Å². The molecule has 0 bridgehead atoms. The summed E-state index contributed by atoms with van der Waals surface area (Å²) < 4.78 is 0. The van der Waals surface area contributed by atoms with Crippen LogP contribution >= 0.6 is 23.2 Å². The van der Waals surface area contributed by atoms with Gasteiger partial charge in [-0.2, -0.15) is 0 Å². The SMILES string of the molecule is NC(Cc1cc(Cl)ccc1Cl)C1CCCCCC1. The minimum atomic E-state index is 0.207. The molecule has 0 aliphatic heterocycles. The summed E-state index contributed by atoms with van der Waals surface area (Å²) in [6.07, 6.45) is 8.73. The second kappa shape index (κ2) is 6.79. The van der Waals surface area contributed by atoms with Crippen molar-refractivity contribution >= 4 is 23.2 Å². The fraction of sp³-hybridized carbons (Fsp3) is 0.600. The third-order valence-electron chi connectivity index (χ3n) is 3.97. The Morgan fingerprint density at radius 2 is 1.78 bits per heavy atom. The molecule has 3 heteroatoms. The van der Waals surface area contributed by atoms with E-state index >= 15 is 0 Å². The molecular formula is C15H21Cl2N. The van der Waals surface area contributed by atoms with Crippen LogP contribution in [-0.4, -0.2) is 6.04 Å². The van der Waals surface area contributed by atoms with E-state index in [0.717, 1.165) is 22.0 Å². The molecule has 1 fully saturated rings. The van der Waals surface area contributed by atoms with Crippen molar-refractivity contribution in [2.45, 2.75) is 51.0 Å². The number of halogens is 2. The molecule has 0 radical (unpaired) electrons. The summed E-state index contributed by atoms with van der Waals surface area (Å²) >= 11 is 12.2. The van der Waals surface area contributed by atoms with Crippen molar-refractivity contribution in [1.82, 2.24) is 0 Å². The van der Waals surface area contributed by atoms with Crippen molar-refractivity contribution in [3.05, 3.63) is 33.8 Å². The molecule has 2 N–H and O–H groups in total. The van der Waals surface area contributed by atoms with Gasteiger partial charge in [0.15, 0.2) is 0 Å². The van der Waals surface area contributed by atoms with Crippen LogP contribution in [0.2, 0.25) is 10.0 Å². The monoisotopic (exact) mass is 285 g/mol. The van der Waals surface area contributed by atoms with Gasteiger partial charge in [0.25, 0.3) is 0 Å². The van der Waals surface area contributed by atoms with E-state index in [1.54, 1.807) is 0 Å². The zero-order valence-electron chi connectivity index (χ0n) is 10.7. The number of rotatable bonds is 3. The van der Waals surface area contributed by atoms with Crippen molar-refractivity contribution in [1.29, 1.82) is 0 Å². The van der Waals surface area contributed by atoms with Crippen LogP contribution < -0.4 is 5.73 Å². The quantitative estimate of drug-likeness (QED) is 0.791. The van der Waals surface area contributed by atoms with E-state index in [9.17, 15) is 0 Å². The first-order chi connectivity index (χ1) is 8.66. The van der Waals surface area contributed by atoms with Gasteiger partial charge in [-0.25, -0.2) is 0 Å². The van der Waals surface area contributed by atoms with Crippen LogP contribution in [-0.2, 0) is 6.42 Å². The van der Waals surface area contributed by atoms with Gasteiger partial charge in [0, 0.05) is 16.1 Å². The van der Waals surface area contributed by atoms with Crippen molar-refractivity contribution in [3.63, 3.8) is 0 Å². The maximum absolute atomic E-state index is 6.37. The molecule has 0 spiro atoms. The Labute approximate surface area is 120 Å². The molecular weight excluding hydrogens is 265 g/mol. The lowest BCUT2D eigenvalue weighted by Crippen LogP contribution is -2.32. The van der Waals surface area contributed by atoms with E-state index in [1.165, 1.54) is 38.5 Å². The second-order valence-electron chi connectivity index (χ2n) is 5.36. The van der Waals surface area contributed by atoms with E-state index in [2.05, 4.69) is 0 Å². The predicted molar refractivity (Wildman–Crippen MR) is 79.3 cm³/mol. The zero-order valence-corrected chi connectivity index (χ0v) is 12.2. The molecule has 1 aliphatic carbocycles. The summed E-state index contributed by atoms with van der Waals surface area (Å²) in [5.41, 5.74) is 7.45. The smallest absolute Gasteiger partial charge is 0.0439 e. The molecule has 0 aromatic heterocycles. The highest BCUT2D eigenvalue weighted by molar-refractivity contribution is 6.33. The Bertz CT molecular complexity index is 384. The molecule has 1 unspecified atom stereocenters. The van der Waals surface area contributed by atoms with Crippen LogP contribution in [0.5, 0.6) is 0 Å². The first kappa shape index (κ1) is 14.2. The highest BCUT2D eigenvalue weighted by Crippen LogP contribution is 2.28. The van der Waals surface area contributed by atoms with E-state index < -0.39 is 0 Å². The van der Waals surface area contributed by atoms with E-state index in [4.69, 9.17) is 28.9 Å². The minimum absolute atomic E-state index is 0.207. The molecule has 1 atom stereocenters. The normalized spacial score (nSPS) is 19.5. The summed E-state index contributed by atoms with van der Waals surface area (Å²) in [6.45, 7) is 0. The fourth-order valence-corrected chi connectivity index (χ4v) is 3.25. The van der Waals surface area contributed by atoms with Gasteiger partial charge >= 0.3 is 0 Å². The lowest BCUT2D eigenvalue weighted by atomic mass is 9.88. The van der Waals surface area contributed by atoms with Gasteiger partial charge in [0.1, 0.15) is 0 Å². The Morgan fingerprint density at radius 1 is 1.11 bits per heavy atom. The first-order valence-electron chi connectivity index (χ1n) is 6.86. The molecule has 2 rings (SSSR count). The zero-order chi connectivity index (χ0) is 13.0. The number of benzene rings is 1. The highest BCUT2D eigenvalue weighted by Gasteiger charge is 2.20. The Hall–Kier alpha value is -0.240. The molecule has 1 nitrogen and oxygen atoms in total.